The summed E-state index contributed by atoms with van der Waals surface area (Å²) in [7, 11) is 1.61. The molecule has 0 spiro atoms. The summed E-state index contributed by atoms with van der Waals surface area (Å²) in [4.78, 5) is 47.5. The predicted molar refractivity (Wildman–Crippen MR) is 150 cm³/mol. The lowest BCUT2D eigenvalue weighted by Gasteiger charge is -2.38. The molecule has 0 saturated carbocycles. The summed E-state index contributed by atoms with van der Waals surface area (Å²) in [6.07, 6.45) is 1.34. The minimum Gasteiger partial charge on any atom is -0.497 e. The van der Waals surface area contributed by atoms with Crippen LogP contribution in [0.3, 0.4) is 0 Å². The normalized spacial score (nSPS) is 19.8. The number of amidine groups is 1. The van der Waals surface area contributed by atoms with E-state index in [1.54, 1.807) is 18.9 Å². The van der Waals surface area contributed by atoms with Crippen LogP contribution >= 0.6 is 11.8 Å². The van der Waals surface area contributed by atoms with Gasteiger partial charge in [0.2, 0.25) is 5.91 Å². The van der Waals surface area contributed by atoms with E-state index >= 15 is 0 Å². The maximum absolute atomic E-state index is 13.5. The molecule has 1 saturated heterocycles. The summed E-state index contributed by atoms with van der Waals surface area (Å²) in [6, 6.07) is 7.05. The summed E-state index contributed by atoms with van der Waals surface area (Å²) in [6.45, 7) is 10.5. The van der Waals surface area contributed by atoms with Gasteiger partial charge >= 0.3 is 11.9 Å². The van der Waals surface area contributed by atoms with Crippen LogP contribution in [0.1, 0.15) is 65.5 Å². The summed E-state index contributed by atoms with van der Waals surface area (Å²) < 4.78 is 16.3. The van der Waals surface area contributed by atoms with E-state index in [0.29, 0.717) is 54.7 Å². The first kappa shape index (κ1) is 28.7. The fourth-order valence-corrected chi connectivity index (χ4v) is 5.92. The molecule has 1 aromatic rings. The van der Waals surface area contributed by atoms with Crippen LogP contribution in [0.4, 0.5) is 0 Å². The summed E-state index contributed by atoms with van der Waals surface area (Å²) >= 11 is 1.44. The van der Waals surface area contributed by atoms with Crippen molar-refractivity contribution in [3.8, 4) is 5.75 Å². The second kappa shape index (κ2) is 11.9. The number of esters is 2. The first-order valence-corrected chi connectivity index (χ1v) is 14.2. The Labute approximate surface area is 234 Å². The number of methoxy groups -OCH3 is 1. The average molecular weight is 556 g/mol. The number of nitrogens with zero attached hydrogens (tertiary/aromatic N) is 3. The number of amides is 1. The Kier molecular flexibility index (Phi) is 8.73. The number of fused-ring (bicyclic) bond motifs is 1. The van der Waals surface area contributed by atoms with E-state index in [1.807, 2.05) is 62.3 Å². The van der Waals surface area contributed by atoms with Gasteiger partial charge in [0, 0.05) is 18.8 Å². The van der Waals surface area contributed by atoms with Crippen molar-refractivity contribution in [2.75, 3.05) is 26.8 Å². The highest BCUT2D eigenvalue weighted by molar-refractivity contribution is 8.16. The Hall–Kier alpha value is -3.27. The predicted octanol–water partition coefficient (Wildman–Crippen LogP) is 4.80. The number of piperidine rings is 1. The van der Waals surface area contributed by atoms with Crippen LogP contribution < -0.4 is 4.74 Å². The number of likely N-dealkylation sites (tertiary alicyclic amines) is 1. The Morgan fingerprint density at radius 2 is 1.77 bits per heavy atom. The van der Waals surface area contributed by atoms with Crippen molar-refractivity contribution < 1.29 is 28.6 Å². The number of hydrogen-bond donors (Lipinski definition) is 0. The fraction of sp³-hybridized carbons (Fsp3) is 0.517. The van der Waals surface area contributed by atoms with Gasteiger partial charge < -0.3 is 24.0 Å². The maximum Gasteiger partial charge on any atom is 0.338 e. The molecule has 210 valence electrons. The zero-order chi connectivity index (χ0) is 28.3. The molecule has 0 N–H and O–H groups in total. The van der Waals surface area contributed by atoms with Gasteiger partial charge in [-0.25, -0.2) is 9.79 Å². The van der Waals surface area contributed by atoms with Crippen LogP contribution in [0.25, 0.3) is 0 Å². The van der Waals surface area contributed by atoms with Crippen LogP contribution in [-0.2, 0) is 23.9 Å². The molecule has 3 aliphatic rings. The lowest BCUT2D eigenvalue weighted by Crippen LogP contribution is -2.42. The Morgan fingerprint density at radius 3 is 2.36 bits per heavy atom. The highest BCUT2D eigenvalue weighted by Gasteiger charge is 2.42. The van der Waals surface area contributed by atoms with Crippen molar-refractivity contribution in [1.29, 1.82) is 0 Å². The number of ether oxygens (including phenoxy) is 3. The lowest BCUT2D eigenvalue weighted by molar-refractivity contribution is -0.151. The topological polar surface area (TPSA) is 97.7 Å². The molecule has 0 radical (unpaired) electrons. The van der Waals surface area contributed by atoms with Gasteiger partial charge in [0.25, 0.3) is 0 Å². The SMILES string of the molecule is CCOC(=O)C1CCN(C(=O)CC2=CSC3=NC(C)=C(C(=O)OC(C)(C)C)C(c4ccc(OC)cc4)N23)CC1. The second-order valence-corrected chi connectivity index (χ2v) is 11.6. The molecule has 0 bridgehead atoms. The monoisotopic (exact) mass is 555 g/mol. The molecular weight excluding hydrogens is 518 g/mol. The molecule has 3 heterocycles. The minimum absolute atomic E-state index is 0.0241. The molecule has 1 atom stereocenters. The van der Waals surface area contributed by atoms with E-state index in [2.05, 4.69) is 0 Å². The Morgan fingerprint density at radius 1 is 1.10 bits per heavy atom. The molecule has 10 heteroatoms. The maximum atomic E-state index is 13.5. The zero-order valence-electron chi connectivity index (χ0n) is 23.5. The van der Waals surface area contributed by atoms with Crippen molar-refractivity contribution in [2.45, 2.75) is 65.5 Å². The third-order valence-corrected chi connectivity index (χ3v) is 7.74. The second-order valence-electron chi connectivity index (χ2n) is 10.8. The van der Waals surface area contributed by atoms with Crippen LogP contribution in [0.2, 0.25) is 0 Å². The largest absolute Gasteiger partial charge is 0.497 e. The van der Waals surface area contributed by atoms with Crippen LogP contribution in [0.5, 0.6) is 5.75 Å². The number of hydrogen-bond acceptors (Lipinski definition) is 9. The van der Waals surface area contributed by atoms with Gasteiger partial charge in [-0.2, -0.15) is 0 Å². The van der Waals surface area contributed by atoms with Gasteiger partial charge in [0.15, 0.2) is 5.17 Å². The first-order valence-electron chi connectivity index (χ1n) is 13.3. The zero-order valence-corrected chi connectivity index (χ0v) is 24.3. The summed E-state index contributed by atoms with van der Waals surface area (Å²) in [5.74, 6) is -0.111. The first-order chi connectivity index (χ1) is 18.5. The number of benzene rings is 1. The Bertz CT molecular complexity index is 1210. The summed E-state index contributed by atoms with van der Waals surface area (Å²) in [5.41, 5.74) is 1.98. The van der Waals surface area contributed by atoms with E-state index < -0.39 is 17.6 Å². The molecule has 39 heavy (non-hydrogen) atoms. The van der Waals surface area contributed by atoms with E-state index in [1.165, 1.54) is 11.8 Å². The molecular formula is C29H37N3O6S. The van der Waals surface area contributed by atoms with Gasteiger partial charge in [0.05, 0.1) is 43.4 Å². The van der Waals surface area contributed by atoms with Crippen molar-refractivity contribution in [1.82, 2.24) is 9.80 Å². The molecule has 0 aromatic heterocycles. The minimum atomic E-state index is -0.678. The quantitative estimate of drug-likeness (QED) is 0.443. The third kappa shape index (κ3) is 6.49. The standard InChI is InChI=1S/C29H37N3O6S/c1-7-37-26(34)20-12-14-31(15-13-20)23(33)16-21-17-39-28-30-18(2)24(27(35)38-29(3,4)5)25(32(21)28)19-8-10-22(36-6)11-9-19/h8-11,17,20,25H,7,12-16H2,1-6H3. The molecule has 9 nitrogen and oxygen atoms in total. The van der Waals surface area contributed by atoms with Crippen molar-refractivity contribution in [2.24, 2.45) is 10.9 Å². The van der Waals surface area contributed by atoms with Gasteiger partial charge in [0.1, 0.15) is 11.4 Å². The third-order valence-electron chi connectivity index (χ3n) is 6.85. The highest BCUT2D eigenvalue weighted by Crippen LogP contribution is 2.45. The van der Waals surface area contributed by atoms with Gasteiger partial charge in [-0.1, -0.05) is 23.9 Å². The number of rotatable bonds is 7. The van der Waals surface area contributed by atoms with Gasteiger partial charge in [-0.05, 0) is 70.6 Å². The van der Waals surface area contributed by atoms with E-state index in [-0.39, 0.29) is 24.2 Å². The Balaban J connectivity index is 1.58. The van der Waals surface area contributed by atoms with Crippen molar-refractivity contribution in [3.05, 3.63) is 52.2 Å². The average Bonchev–Trinajstić information content (AvgIpc) is 3.28. The smallest absolute Gasteiger partial charge is 0.338 e. The molecule has 4 rings (SSSR count). The van der Waals surface area contributed by atoms with E-state index in [0.717, 1.165) is 11.3 Å². The number of allylic oxidation sites excluding steroid dienone is 1. The van der Waals surface area contributed by atoms with Crippen LogP contribution in [0.15, 0.2) is 51.6 Å². The summed E-state index contributed by atoms with van der Waals surface area (Å²) in [5, 5.41) is 2.65. The molecule has 1 unspecified atom stereocenters. The number of carbonyl (C=O) groups is 3. The van der Waals surface area contributed by atoms with Gasteiger partial charge in [-0.3, -0.25) is 9.59 Å². The number of thioether (sulfide) groups is 1. The van der Waals surface area contributed by atoms with E-state index in [4.69, 9.17) is 19.2 Å². The van der Waals surface area contributed by atoms with Crippen molar-refractivity contribution >= 4 is 34.8 Å². The number of carbonyl (C=O) groups excluding carboxylic acids is 3. The molecule has 1 fully saturated rings. The highest BCUT2D eigenvalue weighted by atomic mass is 32.2. The van der Waals surface area contributed by atoms with Crippen molar-refractivity contribution in [3.63, 3.8) is 0 Å². The molecule has 0 aliphatic carbocycles. The lowest BCUT2D eigenvalue weighted by atomic mass is 9.93. The molecule has 1 amide bonds. The van der Waals surface area contributed by atoms with E-state index in [9.17, 15) is 14.4 Å². The van der Waals surface area contributed by atoms with Crippen LogP contribution in [0, 0.1) is 5.92 Å². The van der Waals surface area contributed by atoms with Gasteiger partial charge in [-0.15, -0.1) is 0 Å². The van der Waals surface area contributed by atoms with Crippen LogP contribution in [-0.4, -0.2) is 65.2 Å². The number of aliphatic imine (C=N–C) groups is 1. The molecule has 1 aromatic carbocycles. The molecule has 3 aliphatic heterocycles. The fourth-order valence-electron chi connectivity index (χ4n) is 4.96.